The first-order chi connectivity index (χ1) is 12.3. The zero-order valence-corrected chi connectivity index (χ0v) is 15.6. The quantitative estimate of drug-likeness (QED) is 0.789. The van der Waals surface area contributed by atoms with E-state index in [4.69, 9.17) is 9.47 Å². The van der Waals surface area contributed by atoms with E-state index in [1.54, 1.807) is 6.20 Å². The Kier molecular flexibility index (Phi) is 5.46. The van der Waals surface area contributed by atoms with E-state index < -0.39 is 0 Å². The number of hydrogen-bond acceptors (Lipinski definition) is 5. The van der Waals surface area contributed by atoms with Crippen molar-refractivity contribution in [3.8, 4) is 0 Å². The van der Waals surface area contributed by atoms with Crippen LogP contribution in [0.25, 0.3) is 0 Å². The summed E-state index contributed by atoms with van der Waals surface area (Å²) in [5.41, 5.74) is 1.14. The second-order valence-electron chi connectivity index (χ2n) is 7.10. The van der Waals surface area contributed by atoms with Crippen LogP contribution >= 0.6 is 11.3 Å². The fourth-order valence-corrected chi connectivity index (χ4v) is 5.01. The molecule has 5 heteroatoms. The highest BCUT2D eigenvalue weighted by Gasteiger charge is 2.42. The molecule has 0 bridgehead atoms. The van der Waals surface area contributed by atoms with Gasteiger partial charge in [0.2, 0.25) is 0 Å². The van der Waals surface area contributed by atoms with Crippen LogP contribution in [-0.2, 0) is 22.6 Å². The molecule has 0 N–H and O–H groups in total. The predicted octanol–water partition coefficient (Wildman–Crippen LogP) is 3.65. The molecule has 2 aromatic heterocycles. The minimum atomic E-state index is 0.323. The lowest BCUT2D eigenvalue weighted by Crippen LogP contribution is -2.50. The van der Waals surface area contributed by atoms with Crippen LogP contribution in [0.2, 0.25) is 0 Å². The molecule has 0 unspecified atom stereocenters. The highest BCUT2D eigenvalue weighted by molar-refractivity contribution is 7.11. The maximum absolute atomic E-state index is 6.16. The zero-order valence-electron chi connectivity index (χ0n) is 14.8. The Morgan fingerprint density at radius 1 is 1.32 bits per heavy atom. The maximum atomic E-state index is 6.16. The minimum Gasteiger partial charge on any atom is -0.376 e. The average Bonchev–Trinajstić information content (AvgIpc) is 3.23. The second-order valence-corrected chi connectivity index (χ2v) is 8.47. The highest BCUT2D eigenvalue weighted by atomic mass is 32.1. The number of nitrogens with zero attached hydrogens (tertiary/aromatic N) is 2. The lowest BCUT2D eigenvalue weighted by molar-refractivity contribution is -0.0889. The fourth-order valence-electron chi connectivity index (χ4n) is 4.09. The summed E-state index contributed by atoms with van der Waals surface area (Å²) in [4.78, 5) is 9.63. The summed E-state index contributed by atoms with van der Waals surface area (Å²) < 4.78 is 12.1. The number of aromatic nitrogens is 1. The van der Waals surface area contributed by atoms with Crippen LogP contribution in [0, 0.1) is 12.8 Å². The Morgan fingerprint density at radius 3 is 3.08 bits per heavy atom. The normalized spacial score (nSPS) is 26.7. The molecular formula is C20H26N2O2S. The van der Waals surface area contributed by atoms with Gasteiger partial charge in [0.15, 0.2) is 0 Å². The number of aryl methyl sites for hydroxylation is 1. The van der Waals surface area contributed by atoms with Gasteiger partial charge in [-0.15, -0.1) is 11.3 Å². The largest absolute Gasteiger partial charge is 0.376 e. The molecule has 1 aliphatic heterocycles. The van der Waals surface area contributed by atoms with Crippen LogP contribution in [0.15, 0.2) is 36.7 Å². The lowest BCUT2D eigenvalue weighted by Gasteiger charge is -2.39. The molecule has 4 nitrogen and oxygen atoms in total. The molecule has 0 radical (unpaired) electrons. The van der Waals surface area contributed by atoms with Crippen molar-refractivity contribution >= 4 is 11.3 Å². The molecule has 1 aliphatic carbocycles. The molecule has 1 saturated carbocycles. The molecule has 134 valence electrons. The number of thiophene rings is 1. The summed E-state index contributed by atoms with van der Waals surface area (Å²) in [6.07, 6.45) is 6.41. The van der Waals surface area contributed by atoms with Gasteiger partial charge >= 0.3 is 0 Å². The van der Waals surface area contributed by atoms with E-state index in [0.717, 1.165) is 31.9 Å². The fraction of sp³-hybridized carbons (Fsp3) is 0.550. The van der Waals surface area contributed by atoms with Crippen molar-refractivity contribution in [2.24, 2.45) is 5.92 Å². The topological polar surface area (TPSA) is 34.6 Å². The Morgan fingerprint density at radius 2 is 2.28 bits per heavy atom. The summed E-state index contributed by atoms with van der Waals surface area (Å²) in [6.45, 7) is 6.54. The molecule has 25 heavy (non-hydrogen) atoms. The third-order valence-electron chi connectivity index (χ3n) is 5.31. The van der Waals surface area contributed by atoms with Crippen molar-refractivity contribution in [1.82, 2.24) is 9.88 Å². The van der Waals surface area contributed by atoms with Crippen molar-refractivity contribution in [2.75, 3.05) is 19.8 Å². The second kappa shape index (κ2) is 7.96. The Hall–Kier alpha value is -1.27. The van der Waals surface area contributed by atoms with Gasteiger partial charge in [0.25, 0.3) is 0 Å². The summed E-state index contributed by atoms with van der Waals surface area (Å²) in [5.74, 6) is 0.509. The number of ether oxygens (including phenoxy) is 2. The number of hydrogen-bond donors (Lipinski definition) is 0. The molecular weight excluding hydrogens is 332 g/mol. The van der Waals surface area contributed by atoms with Gasteiger partial charge in [-0.1, -0.05) is 6.07 Å². The Bertz CT molecular complexity index is 675. The van der Waals surface area contributed by atoms with Gasteiger partial charge in [-0.2, -0.15) is 0 Å². The molecule has 2 aliphatic rings. The molecule has 0 aromatic carbocycles. The molecule has 1 saturated heterocycles. The molecule has 3 heterocycles. The van der Waals surface area contributed by atoms with Gasteiger partial charge in [-0.3, -0.25) is 9.88 Å². The van der Waals surface area contributed by atoms with E-state index in [9.17, 15) is 0 Å². The third-order valence-corrected chi connectivity index (χ3v) is 6.30. The third kappa shape index (κ3) is 4.11. The van der Waals surface area contributed by atoms with Gasteiger partial charge in [-0.05, 0) is 43.5 Å². The Balaban J connectivity index is 1.31. The van der Waals surface area contributed by atoms with Crippen molar-refractivity contribution in [1.29, 1.82) is 0 Å². The SMILES string of the molecule is Cc1ccc(CN2CCO[C@@H]3[C@@H](COCc4cccnc4)CC[C@H]32)s1. The van der Waals surface area contributed by atoms with Crippen molar-refractivity contribution in [3.63, 3.8) is 0 Å². The van der Waals surface area contributed by atoms with Gasteiger partial charge in [0, 0.05) is 47.2 Å². The number of pyridine rings is 1. The minimum absolute atomic E-state index is 0.323. The molecule has 4 rings (SSSR count). The monoisotopic (exact) mass is 358 g/mol. The summed E-state index contributed by atoms with van der Waals surface area (Å²) >= 11 is 1.91. The van der Waals surface area contributed by atoms with E-state index in [0.29, 0.717) is 24.7 Å². The summed E-state index contributed by atoms with van der Waals surface area (Å²) in [6, 6.07) is 9.06. The van der Waals surface area contributed by atoms with E-state index in [-0.39, 0.29) is 0 Å². The molecule has 0 amide bonds. The van der Waals surface area contributed by atoms with Crippen molar-refractivity contribution < 1.29 is 9.47 Å². The van der Waals surface area contributed by atoms with Gasteiger partial charge in [0.1, 0.15) is 0 Å². The van der Waals surface area contributed by atoms with E-state index >= 15 is 0 Å². The molecule has 2 fully saturated rings. The molecule has 2 aromatic rings. The predicted molar refractivity (Wildman–Crippen MR) is 99.6 cm³/mol. The van der Waals surface area contributed by atoms with Crippen LogP contribution in [0.5, 0.6) is 0 Å². The highest BCUT2D eigenvalue weighted by Crippen LogP contribution is 2.36. The first-order valence-corrected chi connectivity index (χ1v) is 9.99. The summed E-state index contributed by atoms with van der Waals surface area (Å²) in [7, 11) is 0. The molecule has 3 atom stereocenters. The lowest BCUT2D eigenvalue weighted by atomic mass is 10.0. The van der Waals surface area contributed by atoms with Crippen LogP contribution in [0.1, 0.15) is 28.2 Å². The summed E-state index contributed by atoms with van der Waals surface area (Å²) in [5, 5.41) is 0. The number of morpholine rings is 1. The van der Waals surface area contributed by atoms with Crippen LogP contribution < -0.4 is 0 Å². The van der Waals surface area contributed by atoms with Crippen molar-refractivity contribution in [3.05, 3.63) is 52.0 Å². The van der Waals surface area contributed by atoms with Gasteiger partial charge < -0.3 is 9.47 Å². The number of rotatable bonds is 6. The Labute approximate surface area is 153 Å². The smallest absolute Gasteiger partial charge is 0.0781 e. The average molecular weight is 359 g/mol. The molecule has 0 spiro atoms. The maximum Gasteiger partial charge on any atom is 0.0781 e. The van der Waals surface area contributed by atoms with E-state index in [2.05, 4.69) is 35.0 Å². The van der Waals surface area contributed by atoms with Crippen LogP contribution in [0.3, 0.4) is 0 Å². The van der Waals surface area contributed by atoms with Crippen LogP contribution in [0.4, 0.5) is 0 Å². The van der Waals surface area contributed by atoms with Gasteiger partial charge in [0.05, 0.1) is 25.9 Å². The first-order valence-electron chi connectivity index (χ1n) is 9.17. The van der Waals surface area contributed by atoms with Crippen molar-refractivity contribution in [2.45, 2.75) is 45.1 Å². The van der Waals surface area contributed by atoms with Crippen LogP contribution in [-0.4, -0.2) is 41.8 Å². The zero-order chi connectivity index (χ0) is 17.1. The van der Waals surface area contributed by atoms with Gasteiger partial charge in [-0.25, -0.2) is 0 Å². The standard InChI is InChI=1S/C20H26N2O2S/c1-15-4-6-18(25-15)12-22-9-10-24-20-17(5-7-19(20)22)14-23-13-16-3-2-8-21-11-16/h2-4,6,8,11,17,19-20H,5,7,9-10,12-14H2,1H3/t17-,19-,20-/m1/s1. The van der Waals surface area contributed by atoms with E-state index in [1.165, 1.54) is 22.6 Å². The van der Waals surface area contributed by atoms with E-state index in [1.807, 2.05) is 23.6 Å². The number of fused-ring (bicyclic) bond motifs is 1. The first kappa shape index (κ1) is 17.2.